The Bertz CT molecular complexity index is 426. The van der Waals surface area contributed by atoms with E-state index in [4.69, 9.17) is 28.5 Å². The molecule has 0 spiro atoms. The van der Waals surface area contributed by atoms with E-state index in [1.54, 1.807) is 25.1 Å². The molecule has 1 aromatic carbocycles. The second-order valence-electron chi connectivity index (χ2n) is 2.93. The van der Waals surface area contributed by atoms with Crippen molar-refractivity contribution in [2.75, 3.05) is 0 Å². The molecule has 15 heavy (non-hydrogen) atoms. The molecule has 0 saturated heterocycles. The molecule has 0 fully saturated rings. The van der Waals surface area contributed by atoms with Gasteiger partial charge >= 0.3 is 0 Å². The third-order valence-corrected chi connectivity index (χ3v) is 2.56. The summed E-state index contributed by atoms with van der Waals surface area (Å²) in [5.74, 6) is -0.406. The number of hydrogen-bond acceptors (Lipinski definition) is 2. The van der Waals surface area contributed by atoms with Crippen molar-refractivity contribution in [1.29, 1.82) is 5.26 Å². The first-order valence-corrected chi connectivity index (χ1v) is 4.96. The van der Waals surface area contributed by atoms with E-state index in [-0.39, 0.29) is 10.6 Å². The fourth-order valence-electron chi connectivity index (χ4n) is 0.986. The zero-order valence-electron chi connectivity index (χ0n) is 7.92. The van der Waals surface area contributed by atoms with Crippen molar-refractivity contribution in [2.45, 2.75) is 13.0 Å². The van der Waals surface area contributed by atoms with E-state index >= 15 is 0 Å². The molecule has 1 rings (SSSR count). The number of carbonyl (C=O) groups is 1. The van der Waals surface area contributed by atoms with Crippen molar-refractivity contribution in [2.24, 2.45) is 0 Å². The number of nitrogens with one attached hydrogen (secondary N) is 1. The highest BCUT2D eigenvalue weighted by Crippen LogP contribution is 2.25. The average Bonchev–Trinajstić information content (AvgIpc) is 2.21. The van der Waals surface area contributed by atoms with Crippen LogP contribution in [0.15, 0.2) is 18.2 Å². The van der Waals surface area contributed by atoms with Crippen LogP contribution in [0.4, 0.5) is 0 Å². The molecule has 1 atom stereocenters. The van der Waals surface area contributed by atoms with E-state index in [0.29, 0.717) is 5.02 Å². The zero-order valence-corrected chi connectivity index (χ0v) is 9.43. The van der Waals surface area contributed by atoms with Crippen LogP contribution >= 0.6 is 23.2 Å². The number of carbonyl (C=O) groups excluding carboxylic acids is 1. The summed E-state index contributed by atoms with van der Waals surface area (Å²) in [7, 11) is 0. The minimum absolute atomic E-state index is 0.196. The summed E-state index contributed by atoms with van der Waals surface area (Å²) in [4.78, 5) is 11.6. The quantitative estimate of drug-likeness (QED) is 0.867. The highest BCUT2D eigenvalue weighted by Gasteiger charge is 2.13. The topological polar surface area (TPSA) is 52.9 Å². The third-order valence-electron chi connectivity index (χ3n) is 1.74. The van der Waals surface area contributed by atoms with Gasteiger partial charge in [-0.05, 0) is 19.1 Å². The molecular formula is C10H8Cl2N2O. The van der Waals surface area contributed by atoms with E-state index in [1.807, 2.05) is 6.07 Å². The molecule has 0 bridgehead atoms. The monoisotopic (exact) mass is 242 g/mol. The molecule has 0 aromatic heterocycles. The summed E-state index contributed by atoms with van der Waals surface area (Å²) in [5, 5.41) is 11.5. The number of benzene rings is 1. The van der Waals surface area contributed by atoms with Gasteiger partial charge in [-0.15, -0.1) is 0 Å². The van der Waals surface area contributed by atoms with Crippen LogP contribution in [-0.2, 0) is 0 Å². The molecule has 78 valence electrons. The van der Waals surface area contributed by atoms with Crippen LogP contribution in [0, 0.1) is 11.3 Å². The highest BCUT2D eigenvalue weighted by molar-refractivity contribution is 6.43. The summed E-state index contributed by atoms with van der Waals surface area (Å²) >= 11 is 11.6. The second-order valence-corrected chi connectivity index (χ2v) is 3.71. The summed E-state index contributed by atoms with van der Waals surface area (Å²) in [6.07, 6.45) is 0. The largest absolute Gasteiger partial charge is 0.336 e. The van der Waals surface area contributed by atoms with Crippen molar-refractivity contribution in [3.63, 3.8) is 0 Å². The lowest BCUT2D eigenvalue weighted by Crippen LogP contribution is -2.31. The summed E-state index contributed by atoms with van der Waals surface area (Å²) in [6.45, 7) is 1.58. The molecule has 5 heteroatoms. The zero-order chi connectivity index (χ0) is 11.4. The maximum absolute atomic E-state index is 11.6. The molecule has 0 heterocycles. The predicted octanol–water partition coefficient (Wildman–Crippen LogP) is 2.64. The van der Waals surface area contributed by atoms with Gasteiger partial charge in [0.25, 0.3) is 5.91 Å². The van der Waals surface area contributed by atoms with Crippen molar-refractivity contribution < 1.29 is 4.79 Å². The van der Waals surface area contributed by atoms with Gasteiger partial charge in [-0.3, -0.25) is 4.79 Å². The van der Waals surface area contributed by atoms with Gasteiger partial charge in [0, 0.05) is 0 Å². The Morgan fingerprint density at radius 1 is 1.53 bits per heavy atom. The third kappa shape index (κ3) is 2.85. The van der Waals surface area contributed by atoms with Crippen molar-refractivity contribution in [3.8, 4) is 6.07 Å². The minimum Gasteiger partial charge on any atom is -0.336 e. The lowest BCUT2D eigenvalue weighted by molar-refractivity contribution is 0.0948. The molecule has 1 unspecified atom stereocenters. The Hall–Kier alpha value is -1.24. The van der Waals surface area contributed by atoms with Gasteiger partial charge in [0.05, 0.1) is 21.7 Å². The molecule has 0 aliphatic rings. The van der Waals surface area contributed by atoms with E-state index < -0.39 is 11.9 Å². The van der Waals surface area contributed by atoms with Crippen LogP contribution < -0.4 is 5.32 Å². The molecular weight excluding hydrogens is 235 g/mol. The molecule has 0 aliphatic heterocycles. The molecule has 1 amide bonds. The lowest BCUT2D eigenvalue weighted by Gasteiger charge is -2.08. The van der Waals surface area contributed by atoms with E-state index in [2.05, 4.69) is 5.32 Å². The molecule has 0 aliphatic carbocycles. The standard InChI is InChI=1S/C10H8Cl2N2O/c1-6(5-13)14-10(15)7-3-2-4-8(11)9(7)12/h2-4,6H,1H3,(H,14,15). The SMILES string of the molecule is CC(C#N)NC(=O)c1cccc(Cl)c1Cl. The van der Waals surface area contributed by atoms with E-state index in [9.17, 15) is 4.79 Å². The highest BCUT2D eigenvalue weighted by atomic mass is 35.5. The minimum atomic E-state index is -0.562. The summed E-state index contributed by atoms with van der Waals surface area (Å²) < 4.78 is 0. The Kier molecular flexibility index (Phi) is 3.96. The number of hydrogen-bond donors (Lipinski definition) is 1. The molecule has 0 saturated carbocycles. The first kappa shape index (κ1) is 11.8. The van der Waals surface area contributed by atoms with Crippen molar-refractivity contribution >= 4 is 29.1 Å². The van der Waals surface area contributed by atoms with Gasteiger partial charge in [0.1, 0.15) is 6.04 Å². The van der Waals surface area contributed by atoms with Gasteiger partial charge in [-0.25, -0.2) is 0 Å². The second kappa shape index (κ2) is 5.01. The summed E-state index contributed by atoms with van der Waals surface area (Å²) in [6, 6.07) is 6.10. The maximum Gasteiger partial charge on any atom is 0.253 e. The van der Waals surface area contributed by atoms with Crippen LogP contribution in [0.2, 0.25) is 10.0 Å². The normalized spacial score (nSPS) is 11.6. The lowest BCUT2D eigenvalue weighted by atomic mass is 10.2. The molecule has 3 nitrogen and oxygen atoms in total. The maximum atomic E-state index is 11.6. The van der Waals surface area contributed by atoms with Gasteiger partial charge in [0.15, 0.2) is 0 Å². The smallest absolute Gasteiger partial charge is 0.253 e. The van der Waals surface area contributed by atoms with Gasteiger partial charge in [-0.1, -0.05) is 29.3 Å². The molecule has 1 N–H and O–H groups in total. The number of nitriles is 1. The molecule has 1 aromatic rings. The molecule has 0 radical (unpaired) electrons. The number of halogens is 2. The first-order chi connectivity index (χ1) is 7.06. The Morgan fingerprint density at radius 2 is 2.20 bits per heavy atom. The van der Waals surface area contributed by atoms with E-state index in [1.165, 1.54) is 0 Å². The van der Waals surface area contributed by atoms with Crippen molar-refractivity contribution in [3.05, 3.63) is 33.8 Å². The average molecular weight is 243 g/mol. The Morgan fingerprint density at radius 3 is 2.80 bits per heavy atom. The van der Waals surface area contributed by atoms with Gasteiger partial charge in [-0.2, -0.15) is 5.26 Å². The number of nitrogens with zero attached hydrogens (tertiary/aromatic N) is 1. The number of amides is 1. The van der Waals surface area contributed by atoms with Crippen LogP contribution in [-0.4, -0.2) is 11.9 Å². The predicted molar refractivity (Wildman–Crippen MR) is 59.0 cm³/mol. The fraction of sp³-hybridized carbons (Fsp3) is 0.200. The Labute approximate surface area is 97.6 Å². The van der Waals surface area contributed by atoms with Gasteiger partial charge < -0.3 is 5.32 Å². The van der Waals surface area contributed by atoms with Crippen LogP contribution in [0.3, 0.4) is 0 Å². The first-order valence-electron chi connectivity index (χ1n) is 4.20. The van der Waals surface area contributed by atoms with Crippen LogP contribution in [0.1, 0.15) is 17.3 Å². The van der Waals surface area contributed by atoms with Crippen LogP contribution in [0.25, 0.3) is 0 Å². The van der Waals surface area contributed by atoms with Crippen molar-refractivity contribution in [1.82, 2.24) is 5.32 Å². The summed E-state index contributed by atoms with van der Waals surface area (Å²) in [5.41, 5.74) is 0.270. The number of rotatable bonds is 2. The van der Waals surface area contributed by atoms with Crippen LogP contribution in [0.5, 0.6) is 0 Å². The van der Waals surface area contributed by atoms with E-state index in [0.717, 1.165) is 0 Å². The Balaban J connectivity index is 2.93. The fourth-order valence-corrected chi connectivity index (χ4v) is 1.37. The van der Waals surface area contributed by atoms with Gasteiger partial charge in [0.2, 0.25) is 0 Å².